The summed E-state index contributed by atoms with van der Waals surface area (Å²) in [5.74, 6) is 0.632. The van der Waals surface area contributed by atoms with Crippen molar-refractivity contribution in [2.45, 2.75) is 13.1 Å². The number of hydrogen-bond acceptors (Lipinski definition) is 4. The molecule has 0 N–H and O–H groups in total. The van der Waals surface area contributed by atoms with Crippen molar-refractivity contribution in [2.24, 2.45) is 0 Å². The number of benzene rings is 8. The van der Waals surface area contributed by atoms with Crippen LogP contribution in [0.15, 0.2) is 194 Å². The summed E-state index contributed by atoms with van der Waals surface area (Å²) < 4.78 is 8.40. The summed E-state index contributed by atoms with van der Waals surface area (Å²) >= 11 is 1.81. The summed E-state index contributed by atoms with van der Waals surface area (Å²) in [4.78, 5) is 17.1. The number of hydrogen-bond donors (Lipinski definition) is 0. The zero-order valence-electron chi connectivity index (χ0n) is 35.6. The Labute approximate surface area is 379 Å². The lowest BCUT2D eigenvalue weighted by molar-refractivity contribution is 0.962. The molecule has 0 saturated heterocycles. The van der Waals surface area contributed by atoms with Crippen molar-refractivity contribution in [1.29, 1.82) is 0 Å². The summed E-state index contributed by atoms with van der Waals surface area (Å²) in [6.45, 7) is 4.98. The quantitative estimate of drug-likeness (QED) is 0.166. The second kappa shape index (κ2) is 13.5. The molecule has 13 aromatic rings. The van der Waals surface area contributed by atoms with E-state index in [2.05, 4.69) is 221 Å². The third-order valence-electron chi connectivity index (χ3n) is 13.8. The topological polar surface area (TPSA) is 52.9 Å². The fourth-order valence-electron chi connectivity index (χ4n) is 10.8. The Morgan fingerprint density at radius 1 is 0.477 bits per heavy atom. The van der Waals surface area contributed by atoms with Crippen molar-refractivity contribution in [3.8, 4) is 56.3 Å². The van der Waals surface area contributed by atoms with Gasteiger partial charge in [0.05, 0.1) is 38.0 Å². The van der Waals surface area contributed by atoms with E-state index in [-0.39, 0.29) is 0 Å². The highest BCUT2D eigenvalue weighted by atomic mass is 32.1. The molecule has 0 aliphatic heterocycles. The Morgan fingerprint density at radius 2 is 1.03 bits per heavy atom. The Morgan fingerprint density at radius 3 is 1.74 bits per heavy atom. The van der Waals surface area contributed by atoms with E-state index in [0.717, 1.165) is 66.3 Å². The number of fused-ring (bicyclic) bond motifs is 18. The maximum Gasteiger partial charge on any atom is 0.236 e. The van der Waals surface area contributed by atoms with Crippen molar-refractivity contribution < 1.29 is 0 Å². The lowest BCUT2D eigenvalue weighted by Crippen LogP contribution is -2.53. The normalized spacial score (nSPS) is 12.5. The zero-order chi connectivity index (χ0) is 43.0. The molecule has 5 aromatic heterocycles. The second-order valence-electron chi connectivity index (χ2n) is 17.6. The zero-order valence-corrected chi connectivity index (χ0v) is 37.4. The van der Waals surface area contributed by atoms with Gasteiger partial charge < -0.3 is 0 Å². The lowest BCUT2D eigenvalue weighted by atomic mass is 9.83. The number of nitrogens with zero attached hydrogens (tertiary/aromatic N) is 6. The van der Waals surface area contributed by atoms with Crippen molar-refractivity contribution in [2.75, 3.05) is 0 Å². The second-order valence-corrected chi connectivity index (χ2v) is 23.0. The Kier molecular flexibility index (Phi) is 7.62. The molecule has 0 bridgehead atoms. The molecule has 0 unspecified atom stereocenters. The van der Waals surface area contributed by atoms with Crippen LogP contribution in [0.2, 0.25) is 13.1 Å². The third kappa shape index (κ3) is 5.12. The van der Waals surface area contributed by atoms with Crippen LogP contribution in [-0.2, 0) is 0 Å². The van der Waals surface area contributed by atoms with Gasteiger partial charge in [0.25, 0.3) is 0 Å². The highest BCUT2D eigenvalue weighted by molar-refractivity contribution is 7.26. The van der Waals surface area contributed by atoms with Gasteiger partial charge in [-0.15, -0.1) is 0 Å². The first kappa shape index (κ1) is 36.6. The van der Waals surface area contributed by atoms with Crippen molar-refractivity contribution >= 4 is 88.8 Å². The molecule has 0 spiro atoms. The predicted octanol–water partition coefficient (Wildman–Crippen LogP) is 13.3. The first-order chi connectivity index (χ1) is 32.0. The Bertz CT molecular complexity index is 4120. The summed E-state index contributed by atoms with van der Waals surface area (Å²) in [6.07, 6.45) is 2.05. The van der Waals surface area contributed by atoms with Crippen LogP contribution in [-0.4, -0.2) is 36.6 Å². The number of aromatic nitrogens is 6. The van der Waals surface area contributed by atoms with E-state index in [4.69, 9.17) is 15.0 Å². The van der Waals surface area contributed by atoms with Gasteiger partial charge in [0, 0.05) is 39.2 Å². The van der Waals surface area contributed by atoms with Gasteiger partial charge in [-0.2, -0.15) is 0 Å². The minimum absolute atomic E-state index is 0.632. The largest absolute Gasteiger partial charge is 0.295 e. The molecule has 1 aliphatic carbocycles. The van der Waals surface area contributed by atoms with Crippen molar-refractivity contribution in [1.82, 2.24) is 28.5 Å². The smallest absolute Gasteiger partial charge is 0.236 e. The number of imidazole rings is 1. The molecule has 0 saturated carbocycles. The van der Waals surface area contributed by atoms with Crippen molar-refractivity contribution in [3.63, 3.8) is 0 Å². The molecule has 306 valence electrons. The molecule has 14 rings (SSSR count). The molecule has 0 radical (unpaired) electrons. The predicted molar refractivity (Wildman–Crippen MR) is 273 cm³/mol. The average molecular weight is 867 g/mol. The van der Waals surface area contributed by atoms with Gasteiger partial charge in [-0.25, -0.2) is 15.0 Å². The van der Waals surface area contributed by atoms with Gasteiger partial charge in [-0.05, 0) is 75.5 Å². The molecule has 1 aliphatic rings. The van der Waals surface area contributed by atoms with Crippen LogP contribution in [0.25, 0.3) is 115 Å². The maximum atomic E-state index is 5.67. The van der Waals surface area contributed by atoms with Crippen LogP contribution in [0.4, 0.5) is 0 Å². The van der Waals surface area contributed by atoms with E-state index < -0.39 is 8.07 Å². The van der Waals surface area contributed by atoms with E-state index in [0.29, 0.717) is 5.95 Å². The first-order valence-corrected chi connectivity index (χ1v) is 25.9. The van der Waals surface area contributed by atoms with E-state index in [1.807, 2.05) is 11.3 Å². The van der Waals surface area contributed by atoms with Crippen LogP contribution in [0, 0.1) is 0 Å². The molecular weight excluding hydrogens is 829 g/mol. The van der Waals surface area contributed by atoms with Gasteiger partial charge in [-0.1, -0.05) is 175 Å². The monoisotopic (exact) mass is 866 g/mol. The molecule has 8 heteroatoms. The van der Waals surface area contributed by atoms with E-state index in [9.17, 15) is 0 Å². The van der Waals surface area contributed by atoms with Gasteiger partial charge in [0.1, 0.15) is 13.7 Å². The van der Waals surface area contributed by atoms with Crippen LogP contribution in [0.3, 0.4) is 0 Å². The Hall–Kier alpha value is -7.91. The van der Waals surface area contributed by atoms with Gasteiger partial charge >= 0.3 is 0 Å². The highest BCUT2D eigenvalue weighted by Gasteiger charge is 2.32. The van der Waals surface area contributed by atoms with Gasteiger partial charge in [0.15, 0.2) is 4.96 Å². The summed E-state index contributed by atoms with van der Waals surface area (Å²) in [7, 11) is -2.30. The van der Waals surface area contributed by atoms with Crippen LogP contribution < -0.4 is 10.4 Å². The number of para-hydroxylation sites is 4. The molecule has 65 heavy (non-hydrogen) atoms. The average Bonchev–Trinajstić information content (AvgIpc) is 4.10. The fraction of sp³-hybridized carbons (Fsp3) is 0.0351. The van der Waals surface area contributed by atoms with E-state index >= 15 is 0 Å². The van der Waals surface area contributed by atoms with Crippen LogP contribution in [0.1, 0.15) is 0 Å². The van der Waals surface area contributed by atoms with Gasteiger partial charge in [0.2, 0.25) is 5.95 Å². The molecule has 8 aromatic carbocycles. The van der Waals surface area contributed by atoms with E-state index in [1.54, 1.807) is 0 Å². The fourth-order valence-corrected chi connectivity index (χ4v) is 15.3. The summed E-state index contributed by atoms with van der Waals surface area (Å²) in [5.41, 5.74) is 16.6. The number of rotatable bonds is 4. The summed E-state index contributed by atoms with van der Waals surface area (Å²) in [6, 6.07) is 68.2. The van der Waals surface area contributed by atoms with Crippen LogP contribution in [0.5, 0.6) is 0 Å². The minimum atomic E-state index is -2.30. The Balaban J connectivity index is 1.01. The van der Waals surface area contributed by atoms with Gasteiger partial charge in [-0.3, -0.25) is 13.5 Å². The molecule has 5 heterocycles. The molecule has 0 atom stereocenters. The third-order valence-corrected chi connectivity index (χ3v) is 18.6. The molecule has 0 amide bonds. The molecular formula is C57H38N6SSi. The summed E-state index contributed by atoms with van der Waals surface area (Å²) in [5, 5.41) is 6.33. The molecule has 0 fully saturated rings. The van der Waals surface area contributed by atoms with Crippen molar-refractivity contribution in [3.05, 3.63) is 194 Å². The SMILES string of the molecule is C[Si](C)(c1cccc(-n2c3ccccc3c3c4ccccc4n(-c4ncc5c(n4)-c4ccccc4-c4ccccc4-c4ccccc4-5)c32)c1)c1cccc2c1sc1nc3ccccc3n12. The van der Waals surface area contributed by atoms with E-state index in [1.165, 1.54) is 53.4 Å². The first-order valence-electron chi connectivity index (χ1n) is 22.1. The minimum Gasteiger partial charge on any atom is -0.295 e. The number of thiazole rings is 1. The van der Waals surface area contributed by atoms with Crippen LogP contribution >= 0.6 is 11.3 Å². The lowest BCUT2D eigenvalue weighted by Gasteiger charge is -2.25. The maximum absolute atomic E-state index is 5.67. The molecule has 6 nitrogen and oxygen atoms in total. The highest BCUT2D eigenvalue weighted by Crippen LogP contribution is 2.47. The standard InChI is InChI=1S/C57H38N6SSi/c1-65(2,51-32-16-31-50-54(51)64-57-59-46-27-11-14-30-49(46)62(50)57)36-18-15-17-35(33-36)61-47-28-12-9-25-43(47)52-44-26-10-13-29-48(44)63(55(52)61)56-58-34-45-41-23-6-5-21-39(41)37-19-3-4-20-38(37)40-22-7-8-24-42(40)53(45)60-56/h3-34H,1-2H3.